The van der Waals surface area contributed by atoms with E-state index < -0.39 is 4.92 Å². The van der Waals surface area contributed by atoms with E-state index in [0.717, 1.165) is 22.4 Å². The molecule has 0 aliphatic carbocycles. The molecule has 0 spiro atoms. The Morgan fingerprint density at radius 2 is 1.73 bits per heavy atom. The minimum absolute atomic E-state index is 0.00837. The zero-order valence-electron chi connectivity index (χ0n) is 15.9. The molecule has 1 aromatic heterocycles. The van der Waals surface area contributed by atoms with Gasteiger partial charge in [-0.05, 0) is 60.5 Å². The quantitative estimate of drug-likeness (QED) is 0.286. The molecule has 30 heavy (non-hydrogen) atoms. The summed E-state index contributed by atoms with van der Waals surface area (Å²) in [5.41, 5.74) is 3.36. The van der Waals surface area contributed by atoms with Crippen LogP contribution >= 0.6 is 11.6 Å². The van der Waals surface area contributed by atoms with Gasteiger partial charge in [0.25, 0.3) is 11.6 Å². The van der Waals surface area contributed by atoms with Crippen LogP contribution in [0.4, 0.5) is 5.69 Å². The number of aryl methyl sites for hydroxylation is 1. The van der Waals surface area contributed by atoms with Gasteiger partial charge in [0.1, 0.15) is 12.4 Å². The Kier molecular flexibility index (Phi) is 5.45. The molecule has 4 rings (SSSR count). The Morgan fingerprint density at radius 3 is 2.40 bits per heavy atom. The number of hydrogen-bond donors (Lipinski definition) is 0. The highest BCUT2D eigenvalue weighted by Crippen LogP contribution is 2.25. The zero-order valence-corrected chi connectivity index (χ0v) is 16.7. The number of rotatable bonds is 6. The molecule has 3 aromatic carbocycles. The van der Waals surface area contributed by atoms with Crippen LogP contribution in [-0.2, 0) is 6.61 Å². The monoisotopic (exact) mass is 421 g/mol. The van der Waals surface area contributed by atoms with E-state index >= 15 is 0 Å². The molecule has 0 radical (unpaired) electrons. The molecular weight excluding hydrogens is 406 g/mol. The molecule has 0 amide bonds. The highest BCUT2D eigenvalue weighted by molar-refractivity contribution is 6.31. The maximum atomic E-state index is 10.8. The number of non-ortho nitro benzene ring substituents is 1. The van der Waals surface area contributed by atoms with Gasteiger partial charge in [-0.2, -0.15) is 4.98 Å². The van der Waals surface area contributed by atoms with E-state index in [1.807, 2.05) is 49.4 Å². The summed E-state index contributed by atoms with van der Waals surface area (Å²) < 4.78 is 11.1. The molecule has 4 aromatic rings. The summed E-state index contributed by atoms with van der Waals surface area (Å²) in [6, 6.07) is 19.1. The first kappa shape index (κ1) is 19.6. The van der Waals surface area contributed by atoms with Crippen LogP contribution in [0.2, 0.25) is 5.02 Å². The predicted octanol–water partition coefficient (Wildman–Crippen LogP) is 5.85. The lowest BCUT2D eigenvalue weighted by Crippen LogP contribution is -1.95. The van der Waals surface area contributed by atoms with Gasteiger partial charge in [0.05, 0.1) is 4.92 Å². The third kappa shape index (κ3) is 4.31. The van der Waals surface area contributed by atoms with Gasteiger partial charge >= 0.3 is 0 Å². The van der Waals surface area contributed by atoms with Gasteiger partial charge in [-0.15, -0.1) is 0 Å². The highest BCUT2D eigenvalue weighted by atomic mass is 35.5. The van der Waals surface area contributed by atoms with Gasteiger partial charge in [-0.1, -0.05) is 28.9 Å². The van der Waals surface area contributed by atoms with Crippen LogP contribution in [0.15, 0.2) is 71.3 Å². The number of nitro benzene ring substituents is 1. The van der Waals surface area contributed by atoms with Crippen LogP contribution in [0.1, 0.15) is 11.1 Å². The van der Waals surface area contributed by atoms with E-state index in [-0.39, 0.29) is 5.69 Å². The molecular formula is C22H16ClN3O4. The van der Waals surface area contributed by atoms with Crippen LogP contribution in [0.25, 0.3) is 22.8 Å². The van der Waals surface area contributed by atoms with Crippen LogP contribution in [0.5, 0.6) is 5.75 Å². The van der Waals surface area contributed by atoms with Crippen molar-refractivity contribution in [2.75, 3.05) is 0 Å². The SMILES string of the molecule is Cc1cc(OCc2ccc(-c3nc(-c4ccc([N+](=O)[O-])cc4)no3)cc2)ccc1Cl. The van der Waals surface area contributed by atoms with Gasteiger partial charge in [-0.3, -0.25) is 10.1 Å². The summed E-state index contributed by atoms with van der Waals surface area (Å²) >= 11 is 6.03. The first-order valence-corrected chi connectivity index (χ1v) is 9.44. The average molecular weight is 422 g/mol. The van der Waals surface area contributed by atoms with Crippen molar-refractivity contribution in [3.05, 3.63) is 93.0 Å². The van der Waals surface area contributed by atoms with E-state index in [0.29, 0.717) is 28.9 Å². The lowest BCUT2D eigenvalue weighted by molar-refractivity contribution is -0.384. The first-order valence-electron chi connectivity index (χ1n) is 9.06. The molecule has 0 aliphatic rings. The van der Waals surface area contributed by atoms with Crippen molar-refractivity contribution in [3.63, 3.8) is 0 Å². The number of halogens is 1. The Balaban J connectivity index is 1.44. The van der Waals surface area contributed by atoms with E-state index in [2.05, 4.69) is 10.1 Å². The van der Waals surface area contributed by atoms with E-state index in [4.69, 9.17) is 20.9 Å². The summed E-state index contributed by atoms with van der Waals surface area (Å²) in [6.45, 7) is 2.35. The van der Waals surface area contributed by atoms with Crippen molar-refractivity contribution < 1.29 is 14.2 Å². The number of hydrogen-bond acceptors (Lipinski definition) is 6. The fourth-order valence-corrected chi connectivity index (χ4v) is 2.92. The highest BCUT2D eigenvalue weighted by Gasteiger charge is 2.12. The van der Waals surface area contributed by atoms with E-state index in [1.54, 1.807) is 12.1 Å². The Hall–Kier alpha value is -3.71. The molecule has 0 N–H and O–H groups in total. The second-order valence-electron chi connectivity index (χ2n) is 6.62. The van der Waals surface area contributed by atoms with Crippen molar-refractivity contribution in [3.8, 4) is 28.6 Å². The lowest BCUT2D eigenvalue weighted by atomic mass is 10.1. The number of ether oxygens (including phenoxy) is 1. The molecule has 0 saturated carbocycles. The number of aromatic nitrogens is 2. The topological polar surface area (TPSA) is 91.3 Å². The van der Waals surface area contributed by atoms with Crippen molar-refractivity contribution in [1.82, 2.24) is 10.1 Å². The third-order valence-corrected chi connectivity index (χ3v) is 4.92. The number of nitrogens with zero attached hydrogens (tertiary/aromatic N) is 3. The first-order chi connectivity index (χ1) is 14.5. The minimum Gasteiger partial charge on any atom is -0.489 e. The van der Waals surface area contributed by atoms with Crippen molar-refractivity contribution >= 4 is 17.3 Å². The summed E-state index contributed by atoms with van der Waals surface area (Å²) in [5.74, 6) is 1.49. The fourth-order valence-electron chi connectivity index (χ4n) is 2.81. The number of nitro groups is 1. The van der Waals surface area contributed by atoms with Crippen molar-refractivity contribution in [2.45, 2.75) is 13.5 Å². The maximum Gasteiger partial charge on any atom is 0.269 e. The predicted molar refractivity (Wildman–Crippen MR) is 112 cm³/mol. The van der Waals surface area contributed by atoms with Gasteiger partial charge in [0.2, 0.25) is 5.82 Å². The molecule has 8 heteroatoms. The molecule has 0 bridgehead atoms. The van der Waals surface area contributed by atoms with Crippen LogP contribution in [-0.4, -0.2) is 15.1 Å². The van der Waals surface area contributed by atoms with Gasteiger partial charge in [0.15, 0.2) is 0 Å². The summed E-state index contributed by atoms with van der Waals surface area (Å²) in [4.78, 5) is 14.7. The molecule has 0 unspecified atom stereocenters. The average Bonchev–Trinajstić information content (AvgIpc) is 3.25. The van der Waals surface area contributed by atoms with Crippen LogP contribution in [0.3, 0.4) is 0 Å². The number of benzene rings is 3. The molecule has 1 heterocycles. The normalized spacial score (nSPS) is 10.7. The largest absolute Gasteiger partial charge is 0.489 e. The summed E-state index contributed by atoms with van der Waals surface area (Å²) in [5, 5.41) is 15.4. The van der Waals surface area contributed by atoms with Crippen LogP contribution in [0, 0.1) is 17.0 Å². The van der Waals surface area contributed by atoms with Crippen molar-refractivity contribution in [2.24, 2.45) is 0 Å². The van der Waals surface area contributed by atoms with Gasteiger partial charge in [0, 0.05) is 28.3 Å². The van der Waals surface area contributed by atoms with Gasteiger partial charge < -0.3 is 9.26 Å². The maximum absolute atomic E-state index is 10.8. The van der Waals surface area contributed by atoms with Crippen molar-refractivity contribution in [1.29, 1.82) is 0 Å². The lowest BCUT2D eigenvalue weighted by Gasteiger charge is -2.08. The van der Waals surface area contributed by atoms with E-state index in [9.17, 15) is 10.1 Å². The molecule has 0 atom stereocenters. The van der Waals surface area contributed by atoms with Crippen LogP contribution < -0.4 is 4.74 Å². The van der Waals surface area contributed by atoms with E-state index in [1.165, 1.54) is 12.1 Å². The molecule has 150 valence electrons. The molecule has 0 saturated heterocycles. The standard InChI is InChI=1S/C22H16ClN3O4/c1-14-12-19(10-11-20(14)23)29-13-15-2-4-17(5-3-15)22-24-21(25-30-22)16-6-8-18(9-7-16)26(27)28/h2-12H,13H2,1H3. The molecule has 7 nitrogen and oxygen atoms in total. The smallest absolute Gasteiger partial charge is 0.269 e. The summed E-state index contributed by atoms with van der Waals surface area (Å²) in [6.07, 6.45) is 0. The van der Waals surface area contributed by atoms with Gasteiger partial charge in [-0.25, -0.2) is 0 Å². The Labute approximate surface area is 177 Å². The molecule has 0 aliphatic heterocycles. The molecule has 0 fully saturated rings. The third-order valence-electron chi connectivity index (χ3n) is 4.50. The summed E-state index contributed by atoms with van der Waals surface area (Å²) in [7, 11) is 0. The Morgan fingerprint density at radius 1 is 1.03 bits per heavy atom. The second-order valence-corrected chi connectivity index (χ2v) is 7.03. The second kappa shape index (κ2) is 8.34. The zero-order chi connectivity index (χ0) is 21.1. The fraction of sp³-hybridized carbons (Fsp3) is 0.0909. The minimum atomic E-state index is -0.454. The Bertz CT molecular complexity index is 1190.